The predicted octanol–water partition coefficient (Wildman–Crippen LogP) is 0.880. The smallest absolute Gasteiger partial charge is 0.261 e. The van der Waals surface area contributed by atoms with Gasteiger partial charge in [-0.15, -0.1) is 0 Å². The van der Waals surface area contributed by atoms with Gasteiger partial charge in [-0.25, -0.2) is 9.67 Å². The molecule has 0 saturated carbocycles. The highest BCUT2D eigenvalue weighted by molar-refractivity contribution is 5.75. The maximum absolute atomic E-state index is 11.7. The second kappa shape index (κ2) is 4.09. The highest BCUT2D eigenvalue weighted by Gasteiger charge is 2.14. The molecule has 0 unspecified atom stereocenters. The van der Waals surface area contributed by atoms with Crippen molar-refractivity contribution in [1.29, 1.82) is 0 Å². The summed E-state index contributed by atoms with van der Waals surface area (Å²) in [7, 11) is 0. The number of ether oxygens (including phenoxy) is 2. The molecule has 7 nitrogen and oxygen atoms in total. The SMILES string of the molecule is O=c1[nH]cnc2c1cnn2-c1ccc2c(c1)OCCO2. The first-order valence-electron chi connectivity index (χ1n) is 6.14. The number of fused-ring (bicyclic) bond motifs is 2. The summed E-state index contributed by atoms with van der Waals surface area (Å²) in [6.07, 6.45) is 2.86. The summed E-state index contributed by atoms with van der Waals surface area (Å²) in [6.45, 7) is 1.07. The quantitative estimate of drug-likeness (QED) is 0.709. The number of nitrogens with zero attached hydrogens (tertiary/aromatic N) is 3. The number of aromatic amines is 1. The van der Waals surface area contributed by atoms with Crippen LogP contribution in [0.1, 0.15) is 0 Å². The Kier molecular flexibility index (Phi) is 2.26. The highest BCUT2D eigenvalue weighted by atomic mass is 16.6. The summed E-state index contributed by atoms with van der Waals surface area (Å²) >= 11 is 0. The number of benzene rings is 1. The van der Waals surface area contributed by atoms with E-state index in [9.17, 15) is 4.79 Å². The molecule has 1 aromatic carbocycles. The lowest BCUT2D eigenvalue weighted by Crippen LogP contribution is -2.15. The van der Waals surface area contributed by atoms with Crippen molar-refractivity contribution in [3.8, 4) is 17.2 Å². The second-order valence-corrected chi connectivity index (χ2v) is 4.35. The Morgan fingerprint density at radius 1 is 1.20 bits per heavy atom. The second-order valence-electron chi connectivity index (χ2n) is 4.35. The third kappa shape index (κ3) is 1.56. The molecule has 100 valence electrons. The molecule has 7 heteroatoms. The molecule has 0 aliphatic carbocycles. The van der Waals surface area contributed by atoms with Crippen LogP contribution in [0, 0.1) is 0 Å². The van der Waals surface area contributed by atoms with E-state index < -0.39 is 0 Å². The van der Waals surface area contributed by atoms with E-state index in [0.29, 0.717) is 35.7 Å². The van der Waals surface area contributed by atoms with Crippen LogP contribution in [0.2, 0.25) is 0 Å². The maximum Gasteiger partial charge on any atom is 0.261 e. The van der Waals surface area contributed by atoms with Gasteiger partial charge in [0.1, 0.15) is 18.6 Å². The zero-order valence-corrected chi connectivity index (χ0v) is 10.4. The Morgan fingerprint density at radius 3 is 2.95 bits per heavy atom. The van der Waals surface area contributed by atoms with E-state index in [-0.39, 0.29) is 5.56 Å². The van der Waals surface area contributed by atoms with Gasteiger partial charge in [-0.05, 0) is 12.1 Å². The molecule has 0 amide bonds. The minimum atomic E-state index is -0.209. The summed E-state index contributed by atoms with van der Waals surface area (Å²) < 4.78 is 12.6. The van der Waals surface area contributed by atoms with Crippen LogP contribution in [0.3, 0.4) is 0 Å². The average molecular weight is 270 g/mol. The molecule has 0 bridgehead atoms. The van der Waals surface area contributed by atoms with Crippen molar-refractivity contribution in [3.05, 3.63) is 41.1 Å². The van der Waals surface area contributed by atoms with Crippen molar-refractivity contribution < 1.29 is 9.47 Å². The molecule has 1 N–H and O–H groups in total. The standard InChI is InChI=1S/C13H10N4O3/c18-13-9-6-16-17(12(9)14-7-15-13)8-1-2-10-11(5-8)20-4-3-19-10/h1-2,5-7H,3-4H2,(H,14,15,18). The van der Waals surface area contributed by atoms with Crippen LogP contribution >= 0.6 is 0 Å². The van der Waals surface area contributed by atoms with Crippen molar-refractivity contribution >= 4 is 11.0 Å². The Hall–Kier alpha value is -2.83. The van der Waals surface area contributed by atoms with E-state index in [1.807, 2.05) is 18.2 Å². The fourth-order valence-corrected chi connectivity index (χ4v) is 2.21. The third-order valence-corrected chi connectivity index (χ3v) is 3.14. The van der Waals surface area contributed by atoms with E-state index in [4.69, 9.17) is 9.47 Å². The van der Waals surface area contributed by atoms with Gasteiger partial charge in [0.15, 0.2) is 17.1 Å². The Balaban J connectivity index is 1.91. The van der Waals surface area contributed by atoms with Crippen LogP contribution in [0.4, 0.5) is 0 Å². The number of aromatic nitrogens is 4. The maximum atomic E-state index is 11.7. The van der Waals surface area contributed by atoms with Gasteiger partial charge in [0.25, 0.3) is 5.56 Å². The fourth-order valence-electron chi connectivity index (χ4n) is 2.21. The van der Waals surface area contributed by atoms with E-state index in [0.717, 1.165) is 5.69 Å². The molecular formula is C13H10N4O3. The zero-order valence-electron chi connectivity index (χ0n) is 10.4. The molecule has 1 aliphatic heterocycles. The molecule has 4 rings (SSSR count). The summed E-state index contributed by atoms with van der Waals surface area (Å²) in [5.41, 5.74) is 1.06. The number of rotatable bonds is 1. The predicted molar refractivity (Wildman–Crippen MR) is 70.5 cm³/mol. The van der Waals surface area contributed by atoms with Crippen LogP contribution in [-0.4, -0.2) is 33.0 Å². The van der Waals surface area contributed by atoms with Crippen LogP contribution in [0.15, 0.2) is 35.5 Å². The van der Waals surface area contributed by atoms with E-state index in [1.165, 1.54) is 12.5 Å². The molecule has 0 radical (unpaired) electrons. The van der Waals surface area contributed by atoms with E-state index >= 15 is 0 Å². The van der Waals surface area contributed by atoms with Gasteiger partial charge >= 0.3 is 0 Å². The Labute approximate surface area is 112 Å². The molecule has 0 spiro atoms. The molecule has 0 saturated heterocycles. The number of nitrogens with one attached hydrogen (secondary N) is 1. The minimum absolute atomic E-state index is 0.209. The van der Waals surface area contributed by atoms with Gasteiger partial charge in [-0.3, -0.25) is 4.79 Å². The van der Waals surface area contributed by atoms with Gasteiger partial charge in [0, 0.05) is 6.07 Å². The first-order valence-corrected chi connectivity index (χ1v) is 6.14. The van der Waals surface area contributed by atoms with Crippen molar-refractivity contribution in [1.82, 2.24) is 19.7 Å². The molecule has 0 fully saturated rings. The lowest BCUT2D eigenvalue weighted by molar-refractivity contribution is 0.171. The topological polar surface area (TPSA) is 82.0 Å². The summed E-state index contributed by atoms with van der Waals surface area (Å²) in [6, 6.07) is 5.50. The first-order chi connectivity index (χ1) is 9.83. The van der Waals surface area contributed by atoms with Crippen molar-refractivity contribution in [2.75, 3.05) is 13.2 Å². The molecule has 3 heterocycles. The van der Waals surface area contributed by atoms with E-state index in [1.54, 1.807) is 4.68 Å². The van der Waals surface area contributed by atoms with Crippen LogP contribution in [0.5, 0.6) is 11.5 Å². The van der Waals surface area contributed by atoms with Gasteiger partial charge in [-0.2, -0.15) is 5.10 Å². The molecule has 0 atom stereocenters. The van der Waals surface area contributed by atoms with Gasteiger partial charge in [0.05, 0.1) is 18.2 Å². The first kappa shape index (κ1) is 11.0. The third-order valence-electron chi connectivity index (χ3n) is 3.14. The van der Waals surface area contributed by atoms with Crippen molar-refractivity contribution in [3.63, 3.8) is 0 Å². The Morgan fingerprint density at radius 2 is 2.05 bits per heavy atom. The molecule has 3 aromatic rings. The lowest BCUT2D eigenvalue weighted by Gasteiger charge is -2.18. The molecule has 1 aliphatic rings. The molecule has 2 aromatic heterocycles. The zero-order chi connectivity index (χ0) is 13.5. The van der Waals surface area contributed by atoms with Gasteiger partial charge < -0.3 is 14.5 Å². The Bertz CT molecular complexity index is 852. The monoisotopic (exact) mass is 270 g/mol. The number of H-pyrrole nitrogens is 1. The van der Waals surface area contributed by atoms with Crippen LogP contribution in [-0.2, 0) is 0 Å². The summed E-state index contributed by atoms with van der Waals surface area (Å²) in [5.74, 6) is 1.38. The normalized spacial score (nSPS) is 13.6. The summed E-state index contributed by atoms with van der Waals surface area (Å²) in [5, 5.41) is 4.66. The van der Waals surface area contributed by atoms with Crippen LogP contribution in [0.25, 0.3) is 16.7 Å². The van der Waals surface area contributed by atoms with Gasteiger partial charge in [-0.1, -0.05) is 0 Å². The van der Waals surface area contributed by atoms with E-state index in [2.05, 4.69) is 15.1 Å². The number of hydrogen-bond donors (Lipinski definition) is 1. The van der Waals surface area contributed by atoms with Crippen LogP contribution < -0.4 is 15.0 Å². The average Bonchev–Trinajstić information content (AvgIpc) is 2.92. The molecular weight excluding hydrogens is 260 g/mol. The van der Waals surface area contributed by atoms with Gasteiger partial charge in [0.2, 0.25) is 0 Å². The van der Waals surface area contributed by atoms with Crippen molar-refractivity contribution in [2.45, 2.75) is 0 Å². The van der Waals surface area contributed by atoms with Crippen molar-refractivity contribution in [2.24, 2.45) is 0 Å². The lowest BCUT2D eigenvalue weighted by atomic mass is 10.2. The minimum Gasteiger partial charge on any atom is -0.486 e. The largest absolute Gasteiger partial charge is 0.486 e. The summed E-state index contributed by atoms with van der Waals surface area (Å²) in [4.78, 5) is 18.4. The fraction of sp³-hybridized carbons (Fsp3) is 0.154. The highest BCUT2D eigenvalue weighted by Crippen LogP contribution is 2.32. The number of hydrogen-bond acceptors (Lipinski definition) is 5. The molecule has 20 heavy (non-hydrogen) atoms.